The lowest BCUT2D eigenvalue weighted by Crippen LogP contribution is -2.37. The van der Waals surface area contributed by atoms with E-state index in [-0.39, 0.29) is 42.7 Å². The molecule has 4 N–H and O–H groups in total. The number of nitrogens with zero attached hydrogens (tertiary/aromatic N) is 1. The molecule has 10 nitrogen and oxygen atoms in total. The fraction of sp³-hybridized carbons (Fsp3) is 0.500. The highest BCUT2D eigenvalue weighted by Gasteiger charge is 2.42. The minimum atomic E-state index is -0.699. The van der Waals surface area contributed by atoms with Crippen LogP contribution in [0.15, 0.2) is 33.5 Å². The molecule has 11 heteroatoms. The summed E-state index contributed by atoms with van der Waals surface area (Å²) in [5.41, 5.74) is 0.539. The number of carbonyl (C=O) groups excluding carboxylic acids is 3. The number of anilines is 1. The lowest BCUT2D eigenvalue weighted by molar-refractivity contribution is -0.121. The zero-order valence-electron chi connectivity index (χ0n) is 19.9. The number of hydrogen-bond acceptors (Lipinski definition) is 7. The van der Waals surface area contributed by atoms with Crippen LogP contribution < -0.4 is 31.8 Å². The molecule has 3 atom stereocenters. The summed E-state index contributed by atoms with van der Waals surface area (Å²) in [5, 5.41) is 12.4. The second kappa shape index (κ2) is 11.0. The SMILES string of the molecule is CN(C)c1ccc2cc(C(=O)NCCNC(=O)CCCC[C@@H]3SC[C@@H]4NC(=O)N[C@@H]43)c(=O)oc2c1. The number of rotatable bonds is 10. The number of benzene rings is 1. The number of carbonyl (C=O) groups is 3. The molecular weight excluding hydrogens is 470 g/mol. The number of fused-ring (bicyclic) bond motifs is 2. The second-order valence-corrected chi connectivity index (χ2v) is 10.3. The van der Waals surface area contributed by atoms with E-state index in [4.69, 9.17) is 4.42 Å². The lowest BCUT2D eigenvalue weighted by Gasteiger charge is -2.16. The van der Waals surface area contributed by atoms with Crippen molar-refractivity contribution in [2.24, 2.45) is 0 Å². The van der Waals surface area contributed by atoms with Gasteiger partial charge in [0.15, 0.2) is 0 Å². The largest absolute Gasteiger partial charge is 0.422 e. The predicted molar refractivity (Wildman–Crippen MR) is 136 cm³/mol. The van der Waals surface area contributed by atoms with Gasteiger partial charge in [-0.25, -0.2) is 9.59 Å². The molecule has 2 aromatic rings. The fourth-order valence-corrected chi connectivity index (χ4v) is 5.92. The van der Waals surface area contributed by atoms with Crippen molar-refractivity contribution in [2.75, 3.05) is 37.8 Å². The molecule has 2 aliphatic rings. The van der Waals surface area contributed by atoms with E-state index >= 15 is 0 Å². The van der Waals surface area contributed by atoms with Crippen LogP contribution in [0.1, 0.15) is 36.0 Å². The van der Waals surface area contributed by atoms with Gasteiger partial charge in [-0.1, -0.05) is 6.42 Å². The molecule has 2 aliphatic heterocycles. The molecule has 0 radical (unpaired) electrons. The van der Waals surface area contributed by atoms with Crippen molar-refractivity contribution in [3.05, 3.63) is 40.2 Å². The minimum Gasteiger partial charge on any atom is -0.422 e. The first-order valence-corrected chi connectivity index (χ1v) is 12.9. The van der Waals surface area contributed by atoms with E-state index in [1.165, 1.54) is 6.07 Å². The number of hydrogen-bond donors (Lipinski definition) is 4. The van der Waals surface area contributed by atoms with Gasteiger partial charge < -0.3 is 30.6 Å². The van der Waals surface area contributed by atoms with Crippen molar-refractivity contribution in [2.45, 2.75) is 43.0 Å². The highest BCUT2D eigenvalue weighted by Crippen LogP contribution is 2.33. The molecule has 0 unspecified atom stereocenters. The smallest absolute Gasteiger partial charge is 0.349 e. The third-order valence-corrected chi connectivity index (χ3v) is 7.80. The zero-order chi connectivity index (χ0) is 24.9. The molecule has 2 saturated heterocycles. The van der Waals surface area contributed by atoms with E-state index in [1.807, 2.05) is 36.8 Å². The van der Waals surface area contributed by atoms with Crippen LogP contribution in [-0.4, -0.2) is 68.1 Å². The van der Waals surface area contributed by atoms with Gasteiger partial charge in [0.25, 0.3) is 5.91 Å². The maximum atomic E-state index is 12.4. The monoisotopic (exact) mass is 501 g/mol. The van der Waals surface area contributed by atoms with Gasteiger partial charge in [0.05, 0.1) is 12.1 Å². The molecular formula is C24H31N5O5S. The van der Waals surface area contributed by atoms with Gasteiger partial charge >= 0.3 is 11.7 Å². The minimum absolute atomic E-state index is 0.0675. The Balaban J connectivity index is 1.15. The van der Waals surface area contributed by atoms with Crippen LogP contribution in [0.5, 0.6) is 0 Å². The van der Waals surface area contributed by atoms with Gasteiger partial charge in [0.2, 0.25) is 5.91 Å². The molecule has 1 aromatic heterocycles. The van der Waals surface area contributed by atoms with Gasteiger partial charge in [-0.2, -0.15) is 11.8 Å². The average Bonchev–Trinajstić information content (AvgIpc) is 3.37. The van der Waals surface area contributed by atoms with Gasteiger partial charge in [0.1, 0.15) is 11.1 Å². The number of amides is 4. The van der Waals surface area contributed by atoms with E-state index in [0.29, 0.717) is 22.6 Å². The molecule has 188 valence electrons. The summed E-state index contributed by atoms with van der Waals surface area (Å²) in [6, 6.07) is 7.27. The van der Waals surface area contributed by atoms with Gasteiger partial charge in [0, 0.05) is 61.7 Å². The summed E-state index contributed by atoms with van der Waals surface area (Å²) >= 11 is 1.87. The standard InChI is InChI=1S/C24H31N5O5S/c1-29(2)15-8-7-14-11-16(23(32)34-18(14)12-15)22(31)26-10-9-25-20(30)6-4-3-5-19-21-17(13-35-19)27-24(33)28-21/h7-8,11-12,17,19,21H,3-6,9-10,13H2,1-2H3,(H,25,30)(H,26,31)(H2,27,28,33)/t17-,19-,21-/m0/s1. The van der Waals surface area contributed by atoms with Crippen molar-refractivity contribution in [1.82, 2.24) is 21.3 Å². The summed E-state index contributed by atoms with van der Waals surface area (Å²) in [6.45, 7) is 0.478. The quantitative estimate of drug-likeness (QED) is 0.220. The first-order valence-electron chi connectivity index (χ1n) is 11.8. The summed E-state index contributed by atoms with van der Waals surface area (Å²) < 4.78 is 5.33. The fourth-order valence-electron chi connectivity index (χ4n) is 4.37. The van der Waals surface area contributed by atoms with Gasteiger partial charge in [-0.05, 0) is 31.0 Å². The molecule has 1 aromatic carbocycles. The van der Waals surface area contributed by atoms with Crippen LogP contribution in [0, 0.1) is 0 Å². The Bertz CT molecular complexity index is 1170. The van der Waals surface area contributed by atoms with E-state index in [2.05, 4.69) is 21.3 Å². The molecule has 4 rings (SSSR count). The maximum absolute atomic E-state index is 12.4. The first-order chi connectivity index (χ1) is 16.8. The van der Waals surface area contributed by atoms with Crippen LogP contribution in [-0.2, 0) is 4.79 Å². The Morgan fingerprint density at radius 1 is 1.11 bits per heavy atom. The molecule has 0 bridgehead atoms. The summed E-state index contributed by atoms with van der Waals surface area (Å²) in [4.78, 5) is 50.1. The number of nitrogens with one attached hydrogen (secondary N) is 4. The topological polar surface area (TPSA) is 133 Å². The Labute approximate surface area is 207 Å². The van der Waals surface area contributed by atoms with Crippen molar-refractivity contribution in [1.29, 1.82) is 0 Å². The summed E-state index contributed by atoms with van der Waals surface area (Å²) in [5.74, 6) is 0.320. The van der Waals surface area contributed by atoms with Crippen LogP contribution in [0.2, 0.25) is 0 Å². The van der Waals surface area contributed by atoms with Crippen molar-refractivity contribution >= 4 is 46.3 Å². The van der Waals surface area contributed by atoms with Crippen LogP contribution in [0.25, 0.3) is 11.0 Å². The van der Waals surface area contributed by atoms with E-state index in [0.717, 1.165) is 30.7 Å². The highest BCUT2D eigenvalue weighted by atomic mass is 32.2. The Morgan fingerprint density at radius 3 is 2.71 bits per heavy atom. The molecule has 35 heavy (non-hydrogen) atoms. The first kappa shape index (κ1) is 24.9. The second-order valence-electron chi connectivity index (χ2n) is 9.04. The summed E-state index contributed by atoms with van der Waals surface area (Å²) in [7, 11) is 3.78. The average molecular weight is 502 g/mol. The third kappa shape index (κ3) is 6.08. The molecule has 4 amide bonds. The number of thioether (sulfide) groups is 1. The third-order valence-electron chi connectivity index (χ3n) is 6.29. The maximum Gasteiger partial charge on any atom is 0.349 e. The van der Waals surface area contributed by atoms with Crippen molar-refractivity contribution in [3.8, 4) is 0 Å². The zero-order valence-corrected chi connectivity index (χ0v) is 20.7. The number of urea groups is 1. The van der Waals surface area contributed by atoms with Crippen LogP contribution in [0.4, 0.5) is 10.5 Å². The van der Waals surface area contributed by atoms with E-state index in [1.54, 1.807) is 12.1 Å². The molecule has 2 fully saturated rings. The molecule has 0 saturated carbocycles. The summed E-state index contributed by atoms with van der Waals surface area (Å²) in [6.07, 6.45) is 3.05. The normalized spacial score (nSPS) is 20.7. The Kier molecular flexibility index (Phi) is 7.84. The van der Waals surface area contributed by atoms with Gasteiger partial charge in [-0.15, -0.1) is 0 Å². The van der Waals surface area contributed by atoms with E-state index in [9.17, 15) is 19.2 Å². The van der Waals surface area contributed by atoms with Crippen LogP contribution >= 0.6 is 11.8 Å². The lowest BCUT2D eigenvalue weighted by atomic mass is 10.0. The molecule has 0 spiro atoms. The Hall–Kier alpha value is -3.21. The van der Waals surface area contributed by atoms with E-state index < -0.39 is 11.5 Å². The highest BCUT2D eigenvalue weighted by molar-refractivity contribution is 8.00. The molecule has 3 heterocycles. The number of unbranched alkanes of at least 4 members (excludes halogenated alkanes) is 1. The van der Waals surface area contributed by atoms with Crippen LogP contribution in [0.3, 0.4) is 0 Å². The van der Waals surface area contributed by atoms with Crippen molar-refractivity contribution < 1.29 is 18.8 Å². The predicted octanol–water partition coefficient (Wildman–Crippen LogP) is 1.43. The van der Waals surface area contributed by atoms with Gasteiger partial charge in [-0.3, -0.25) is 9.59 Å². The molecule has 0 aliphatic carbocycles. The van der Waals surface area contributed by atoms with Crippen molar-refractivity contribution in [3.63, 3.8) is 0 Å². The Morgan fingerprint density at radius 2 is 1.91 bits per heavy atom.